The van der Waals surface area contributed by atoms with Crippen molar-refractivity contribution in [1.82, 2.24) is 0 Å². The van der Waals surface area contributed by atoms with Crippen LogP contribution in [-0.2, 0) is 0 Å². The summed E-state index contributed by atoms with van der Waals surface area (Å²) in [6.45, 7) is 7.31. The number of ether oxygens (including phenoxy) is 1. The highest BCUT2D eigenvalue weighted by Gasteiger charge is 2.09. The maximum atomic E-state index is 5.76. The van der Waals surface area contributed by atoms with Crippen molar-refractivity contribution in [3.05, 3.63) is 24.3 Å². The minimum atomic E-state index is 0.297. The Balaban J connectivity index is 2.30. The Labute approximate surface area is 96.2 Å². The molecular weight excluding hydrogens is 206 g/mol. The molecule has 0 aromatic heterocycles. The molecule has 0 saturated carbocycles. The molecule has 0 atom stereocenters. The second-order valence-corrected chi connectivity index (χ2v) is 6.27. The van der Waals surface area contributed by atoms with Crippen molar-refractivity contribution >= 4 is 17.4 Å². The summed E-state index contributed by atoms with van der Waals surface area (Å²) >= 11 is 1.89. The van der Waals surface area contributed by atoms with Gasteiger partial charge >= 0.3 is 0 Å². The lowest BCUT2D eigenvalue weighted by Gasteiger charge is -2.17. The summed E-state index contributed by atoms with van der Waals surface area (Å²) < 4.78 is 5.88. The molecule has 0 bridgehead atoms. The average Bonchev–Trinajstić information content (AvgIpc) is 2.13. The van der Waals surface area contributed by atoms with Crippen LogP contribution in [0.2, 0.25) is 0 Å². The molecule has 0 radical (unpaired) electrons. The zero-order valence-corrected chi connectivity index (χ0v) is 10.4. The van der Waals surface area contributed by atoms with Gasteiger partial charge in [0.15, 0.2) is 0 Å². The third-order valence-electron chi connectivity index (χ3n) is 1.79. The molecule has 0 aliphatic rings. The van der Waals surface area contributed by atoms with Gasteiger partial charge in [-0.3, -0.25) is 0 Å². The summed E-state index contributed by atoms with van der Waals surface area (Å²) in [5, 5.41) is 0. The van der Waals surface area contributed by atoms with Crippen LogP contribution in [0.25, 0.3) is 0 Å². The van der Waals surface area contributed by atoms with Crippen molar-refractivity contribution in [3.63, 3.8) is 0 Å². The Morgan fingerprint density at radius 2 is 1.93 bits per heavy atom. The first kappa shape index (κ1) is 12.2. The van der Waals surface area contributed by atoms with Gasteiger partial charge in [0, 0.05) is 10.5 Å². The molecular formula is C12H19NOS. The Morgan fingerprint density at radius 1 is 1.27 bits per heavy atom. The summed E-state index contributed by atoms with van der Waals surface area (Å²) in [7, 11) is 0. The molecule has 0 heterocycles. The maximum Gasteiger partial charge on any atom is 0.142 e. The largest absolute Gasteiger partial charge is 0.491 e. The average molecular weight is 225 g/mol. The van der Waals surface area contributed by atoms with Crippen LogP contribution in [0, 0.1) is 0 Å². The fourth-order valence-electron chi connectivity index (χ4n) is 1.11. The van der Waals surface area contributed by atoms with Gasteiger partial charge in [0.25, 0.3) is 0 Å². The summed E-state index contributed by atoms with van der Waals surface area (Å²) in [5.74, 6) is 1.77. The van der Waals surface area contributed by atoms with Gasteiger partial charge in [-0.25, -0.2) is 0 Å². The highest BCUT2D eigenvalue weighted by molar-refractivity contribution is 8.00. The Morgan fingerprint density at radius 3 is 2.53 bits per heavy atom. The molecule has 1 aromatic carbocycles. The molecule has 0 fully saturated rings. The van der Waals surface area contributed by atoms with Gasteiger partial charge < -0.3 is 10.5 Å². The number of thioether (sulfide) groups is 1. The molecule has 1 aromatic rings. The van der Waals surface area contributed by atoms with E-state index in [9.17, 15) is 0 Å². The van der Waals surface area contributed by atoms with Crippen molar-refractivity contribution in [2.24, 2.45) is 0 Å². The fraction of sp³-hybridized carbons (Fsp3) is 0.500. The van der Waals surface area contributed by atoms with E-state index in [4.69, 9.17) is 10.5 Å². The molecule has 0 unspecified atom stereocenters. The maximum absolute atomic E-state index is 5.76. The van der Waals surface area contributed by atoms with Crippen LogP contribution in [0.15, 0.2) is 24.3 Å². The number of para-hydroxylation sites is 2. The molecule has 0 saturated heterocycles. The number of anilines is 1. The summed E-state index contributed by atoms with van der Waals surface area (Å²) in [6, 6.07) is 7.60. The number of rotatable bonds is 4. The molecule has 15 heavy (non-hydrogen) atoms. The quantitative estimate of drug-likeness (QED) is 0.631. The molecule has 2 N–H and O–H groups in total. The number of hydrogen-bond acceptors (Lipinski definition) is 3. The first-order valence-corrected chi connectivity index (χ1v) is 6.09. The van der Waals surface area contributed by atoms with E-state index in [2.05, 4.69) is 20.8 Å². The van der Waals surface area contributed by atoms with E-state index in [1.54, 1.807) is 0 Å². The normalized spacial score (nSPS) is 11.4. The molecule has 0 aliphatic carbocycles. The molecule has 1 rings (SSSR count). The molecule has 0 amide bonds. The number of nitrogen functional groups attached to an aromatic ring is 1. The fourth-order valence-corrected chi connectivity index (χ4v) is 1.89. The first-order chi connectivity index (χ1) is 6.99. The SMILES string of the molecule is CC(C)(C)SCCOc1ccccc1N. The van der Waals surface area contributed by atoms with E-state index in [-0.39, 0.29) is 0 Å². The zero-order valence-electron chi connectivity index (χ0n) is 9.62. The van der Waals surface area contributed by atoms with Crippen LogP contribution in [0.5, 0.6) is 5.75 Å². The Hall–Kier alpha value is -0.830. The minimum Gasteiger partial charge on any atom is -0.491 e. The van der Waals surface area contributed by atoms with Gasteiger partial charge in [0.2, 0.25) is 0 Å². The first-order valence-electron chi connectivity index (χ1n) is 5.10. The van der Waals surface area contributed by atoms with Gasteiger partial charge in [-0.05, 0) is 12.1 Å². The van der Waals surface area contributed by atoms with Crippen LogP contribution in [0.3, 0.4) is 0 Å². The smallest absolute Gasteiger partial charge is 0.142 e. The van der Waals surface area contributed by atoms with E-state index in [1.807, 2.05) is 36.0 Å². The van der Waals surface area contributed by atoms with Crippen LogP contribution in [0.4, 0.5) is 5.69 Å². The van der Waals surface area contributed by atoms with Crippen LogP contribution in [-0.4, -0.2) is 17.1 Å². The van der Waals surface area contributed by atoms with Gasteiger partial charge in [-0.1, -0.05) is 32.9 Å². The molecule has 2 nitrogen and oxygen atoms in total. The van der Waals surface area contributed by atoms with Gasteiger partial charge in [-0.15, -0.1) is 0 Å². The van der Waals surface area contributed by atoms with Crippen molar-refractivity contribution in [2.75, 3.05) is 18.1 Å². The van der Waals surface area contributed by atoms with Crippen LogP contribution in [0.1, 0.15) is 20.8 Å². The van der Waals surface area contributed by atoms with Gasteiger partial charge in [0.1, 0.15) is 5.75 Å². The number of nitrogens with two attached hydrogens (primary N) is 1. The lowest BCUT2D eigenvalue weighted by molar-refractivity contribution is 0.345. The predicted octanol–water partition coefficient (Wildman–Crippen LogP) is 3.18. The second-order valence-electron chi connectivity index (χ2n) is 4.35. The van der Waals surface area contributed by atoms with Gasteiger partial charge in [-0.2, -0.15) is 11.8 Å². The van der Waals surface area contributed by atoms with Gasteiger partial charge in [0.05, 0.1) is 12.3 Å². The van der Waals surface area contributed by atoms with Crippen molar-refractivity contribution in [1.29, 1.82) is 0 Å². The lowest BCUT2D eigenvalue weighted by Crippen LogP contribution is -2.12. The van der Waals surface area contributed by atoms with E-state index >= 15 is 0 Å². The predicted molar refractivity (Wildman–Crippen MR) is 68.6 cm³/mol. The van der Waals surface area contributed by atoms with E-state index in [0.717, 1.165) is 11.5 Å². The van der Waals surface area contributed by atoms with Crippen LogP contribution >= 0.6 is 11.8 Å². The van der Waals surface area contributed by atoms with E-state index in [1.165, 1.54) is 0 Å². The second kappa shape index (κ2) is 5.31. The highest BCUT2D eigenvalue weighted by Crippen LogP contribution is 2.24. The molecule has 0 spiro atoms. The lowest BCUT2D eigenvalue weighted by atomic mass is 10.3. The van der Waals surface area contributed by atoms with E-state index in [0.29, 0.717) is 17.0 Å². The summed E-state index contributed by atoms with van der Waals surface area (Å²) in [6.07, 6.45) is 0. The van der Waals surface area contributed by atoms with Crippen LogP contribution < -0.4 is 10.5 Å². The minimum absolute atomic E-state index is 0.297. The monoisotopic (exact) mass is 225 g/mol. The standard InChI is InChI=1S/C12H19NOS/c1-12(2,3)15-9-8-14-11-7-5-4-6-10(11)13/h4-7H,8-9,13H2,1-3H3. The van der Waals surface area contributed by atoms with Crippen molar-refractivity contribution in [3.8, 4) is 5.75 Å². The summed E-state index contributed by atoms with van der Waals surface area (Å²) in [5.41, 5.74) is 6.46. The topological polar surface area (TPSA) is 35.2 Å². The Kier molecular flexibility index (Phi) is 4.33. The number of benzene rings is 1. The van der Waals surface area contributed by atoms with E-state index < -0.39 is 0 Å². The zero-order chi connectivity index (χ0) is 11.3. The third kappa shape index (κ3) is 4.98. The molecule has 3 heteroatoms. The molecule has 84 valence electrons. The van der Waals surface area contributed by atoms with Crippen molar-refractivity contribution in [2.45, 2.75) is 25.5 Å². The number of hydrogen-bond donors (Lipinski definition) is 1. The Bertz CT molecular complexity index is 307. The highest BCUT2D eigenvalue weighted by atomic mass is 32.2. The summed E-state index contributed by atoms with van der Waals surface area (Å²) in [4.78, 5) is 0. The van der Waals surface area contributed by atoms with Crippen molar-refractivity contribution < 1.29 is 4.74 Å². The molecule has 0 aliphatic heterocycles. The third-order valence-corrected chi connectivity index (χ3v) is 3.03.